The van der Waals surface area contributed by atoms with Crippen LogP contribution in [0.1, 0.15) is 39.0 Å². The lowest BCUT2D eigenvalue weighted by molar-refractivity contribution is 0.423. The van der Waals surface area contributed by atoms with Crippen LogP contribution in [0.4, 0.5) is 0 Å². The van der Waals surface area contributed by atoms with E-state index in [1.165, 1.54) is 11.3 Å². The van der Waals surface area contributed by atoms with Crippen molar-refractivity contribution in [2.45, 2.75) is 46.2 Å². The Bertz CT molecular complexity index is 525. The number of nitrogens with zero attached hydrogens (tertiary/aromatic N) is 4. The molecule has 0 aromatic carbocycles. The van der Waals surface area contributed by atoms with Gasteiger partial charge in [-0.05, 0) is 39.3 Å². The summed E-state index contributed by atoms with van der Waals surface area (Å²) < 4.78 is 1.87. The third-order valence-electron chi connectivity index (χ3n) is 2.87. The van der Waals surface area contributed by atoms with Crippen molar-refractivity contribution in [2.24, 2.45) is 0 Å². The largest absolute Gasteiger partial charge is 0.308 e. The fourth-order valence-electron chi connectivity index (χ4n) is 1.90. The summed E-state index contributed by atoms with van der Waals surface area (Å²) in [5.41, 5.74) is 2.49. The molecule has 0 aliphatic heterocycles. The monoisotopic (exact) mass is 259 g/mol. The molecule has 5 nitrogen and oxygen atoms in total. The van der Waals surface area contributed by atoms with Gasteiger partial charge in [0.25, 0.3) is 0 Å². The Kier molecular flexibility index (Phi) is 3.95. The van der Waals surface area contributed by atoms with E-state index in [9.17, 15) is 0 Å². The summed E-state index contributed by atoms with van der Waals surface area (Å²) in [5, 5.41) is 15.9. The summed E-state index contributed by atoms with van der Waals surface area (Å²) in [5.74, 6) is 0.765. The van der Waals surface area contributed by atoms with Gasteiger partial charge in [0.05, 0.1) is 11.9 Å². The second-order valence-corrected chi connectivity index (χ2v) is 5.57. The lowest BCUT2D eigenvalue weighted by Crippen LogP contribution is -2.35. The van der Waals surface area contributed by atoms with Gasteiger partial charge in [-0.2, -0.15) is 10.2 Å². The van der Waals surface area contributed by atoms with Crippen LogP contribution in [0.5, 0.6) is 0 Å². The number of aromatic nitrogens is 4. The third-order valence-corrected chi connectivity index (χ3v) is 2.87. The van der Waals surface area contributed by atoms with E-state index in [0.717, 1.165) is 18.8 Å². The Labute approximate surface area is 114 Å². The fraction of sp³-hybridized carbons (Fsp3) is 0.500. The maximum Gasteiger partial charge on any atom is 0.175 e. The van der Waals surface area contributed by atoms with Crippen LogP contribution in [0.2, 0.25) is 0 Å². The minimum atomic E-state index is 0.0969. The summed E-state index contributed by atoms with van der Waals surface area (Å²) in [7, 11) is 0. The molecule has 0 saturated heterocycles. The molecule has 0 fully saturated rings. The van der Waals surface area contributed by atoms with Gasteiger partial charge in [0, 0.05) is 23.8 Å². The highest BCUT2D eigenvalue weighted by Crippen LogP contribution is 2.14. The van der Waals surface area contributed by atoms with Gasteiger partial charge >= 0.3 is 0 Å². The lowest BCUT2D eigenvalue weighted by atomic mass is 10.1. The third kappa shape index (κ3) is 3.38. The van der Waals surface area contributed by atoms with E-state index in [4.69, 9.17) is 0 Å². The molecule has 0 spiro atoms. The smallest absolute Gasteiger partial charge is 0.175 e. The lowest BCUT2D eigenvalue weighted by Gasteiger charge is -2.20. The van der Waals surface area contributed by atoms with Crippen molar-refractivity contribution in [3.05, 3.63) is 35.8 Å². The summed E-state index contributed by atoms with van der Waals surface area (Å²) in [6, 6.07) is 3.79. The highest BCUT2D eigenvalue weighted by atomic mass is 15.3. The van der Waals surface area contributed by atoms with E-state index in [2.05, 4.69) is 48.3 Å². The van der Waals surface area contributed by atoms with Crippen LogP contribution in [0.3, 0.4) is 0 Å². The van der Waals surface area contributed by atoms with Gasteiger partial charge in [0.1, 0.15) is 0 Å². The maximum absolute atomic E-state index is 4.43. The molecule has 0 saturated carbocycles. The zero-order valence-electron chi connectivity index (χ0n) is 12.0. The highest BCUT2D eigenvalue weighted by Gasteiger charge is 2.14. The van der Waals surface area contributed by atoms with Crippen LogP contribution >= 0.6 is 0 Å². The predicted octanol–water partition coefficient (Wildman–Crippen LogP) is 2.11. The molecule has 0 aliphatic carbocycles. The molecule has 0 bridgehead atoms. The molecule has 2 aromatic heterocycles. The zero-order chi connectivity index (χ0) is 13.9. The molecular formula is C14H21N5. The second kappa shape index (κ2) is 5.48. The van der Waals surface area contributed by atoms with Crippen LogP contribution in [0.25, 0.3) is 5.82 Å². The molecule has 0 aliphatic rings. The Morgan fingerprint density at radius 3 is 2.68 bits per heavy atom. The average Bonchev–Trinajstić information content (AvgIpc) is 2.79. The van der Waals surface area contributed by atoms with Gasteiger partial charge in [-0.1, -0.05) is 6.92 Å². The quantitative estimate of drug-likeness (QED) is 0.913. The maximum atomic E-state index is 4.43. The summed E-state index contributed by atoms with van der Waals surface area (Å²) in [4.78, 5) is 0. The Hall–Kier alpha value is -1.75. The second-order valence-electron chi connectivity index (χ2n) is 5.57. The van der Waals surface area contributed by atoms with Crippen molar-refractivity contribution < 1.29 is 0 Å². The number of hydrogen-bond acceptors (Lipinski definition) is 4. The minimum absolute atomic E-state index is 0.0969. The molecule has 0 atom stereocenters. The highest BCUT2D eigenvalue weighted by molar-refractivity contribution is 5.28. The van der Waals surface area contributed by atoms with Gasteiger partial charge in [-0.15, -0.1) is 5.10 Å². The van der Waals surface area contributed by atoms with Crippen molar-refractivity contribution in [3.8, 4) is 5.82 Å². The molecule has 2 aromatic rings. The Morgan fingerprint density at radius 1 is 1.32 bits per heavy atom. The molecule has 5 heteroatoms. The van der Waals surface area contributed by atoms with Crippen molar-refractivity contribution in [2.75, 3.05) is 0 Å². The van der Waals surface area contributed by atoms with Crippen LogP contribution < -0.4 is 5.32 Å². The first kappa shape index (κ1) is 13.7. The molecule has 2 rings (SSSR count). The van der Waals surface area contributed by atoms with Crippen LogP contribution in [0.15, 0.2) is 24.5 Å². The molecule has 102 valence electrons. The molecular weight excluding hydrogens is 238 g/mol. The summed E-state index contributed by atoms with van der Waals surface area (Å²) >= 11 is 0. The SMILES string of the molecule is CCc1c(CNC(C)(C)C)cnn1-c1cccnn1. The first-order chi connectivity index (χ1) is 9.01. The fourth-order valence-corrected chi connectivity index (χ4v) is 1.90. The van der Waals surface area contributed by atoms with Gasteiger partial charge in [-0.25, -0.2) is 4.68 Å². The van der Waals surface area contributed by atoms with E-state index in [1.54, 1.807) is 6.20 Å². The van der Waals surface area contributed by atoms with Crippen LogP contribution in [-0.2, 0) is 13.0 Å². The standard InChI is InChI=1S/C14H21N5/c1-5-12-11(9-15-14(2,3)4)10-17-19(12)13-7-6-8-16-18-13/h6-8,10,15H,5,9H2,1-4H3. The Morgan fingerprint density at radius 2 is 2.11 bits per heavy atom. The van der Waals surface area contributed by atoms with E-state index in [0.29, 0.717) is 0 Å². The minimum Gasteiger partial charge on any atom is -0.308 e. The van der Waals surface area contributed by atoms with Gasteiger partial charge in [0.15, 0.2) is 5.82 Å². The average molecular weight is 259 g/mol. The number of hydrogen-bond donors (Lipinski definition) is 1. The van der Waals surface area contributed by atoms with Crippen LogP contribution in [-0.4, -0.2) is 25.5 Å². The first-order valence-corrected chi connectivity index (χ1v) is 6.60. The van der Waals surface area contributed by atoms with Crippen molar-refractivity contribution in [1.29, 1.82) is 0 Å². The number of nitrogens with one attached hydrogen (secondary N) is 1. The Balaban J connectivity index is 2.26. The van der Waals surface area contributed by atoms with Crippen molar-refractivity contribution in [1.82, 2.24) is 25.3 Å². The number of rotatable bonds is 4. The van der Waals surface area contributed by atoms with E-state index in [-0.39, 0.29) is 5.54 Å². The molecule has 0 unspecified atom stereocenters. The van der Waals surface area contributed by atoms with E-state index < -0.39 is 0 Å². The molecule has 19 heavy (non-hydrogen) atoms. The molecule has 1 N–H and O–H groups in total. The molecule has 0 amide bonds. The predicted molar refractivity (Wildman–Crippen MR) is 75.1 cm³/mol. The first-order valence-electron chi connectivity index (χ1n) is 6.60. The van der Waals surface area contributed by atoms with Gasteiger partial charge in [-0.3, -0.25) is 0 Å². The normalized spacial score (nSPS) is 11.8. The zero-order valence-corrected chi connectivity index (χ0v) is 12.0. The van der Waals surface area contributed by atoms with Crippen molar-refractivity contribution >= 4 is 0 Å². The summed E-state index contributed by atoms with van der Waals surface area (Å²) in [6.07, 6.45) is 4.49. The van der Waals surface area contributed by atoms with Gasteiger partial charge < -0.3 is 5.32 Å². The van der Waals surface area contributed by atoms with Gasteiger partial charge in [0.2, 0.25) is 0 Å². The molecule has 0 radical (unpaired) electrons. The molecule has 2 heterocycles. The van der Waals surface area contributed by atoms with E-state index in [1.807, 2.05) is 23.0 Å². The summed E-state index contributed by atoms with van der Waals surface area (Å²) in [6.45, 7) is 9.42. The topological polar surface area (TPSA) is 55.6 Å². The van der Waals surface area contributed by atoms with Crippen molar-refractivity contribution in [3.63, 3.8) is 0 Å². The van der Waals surface area contributed by atoms with Crippen LogP contribution in [0, 0.1) is 0 Å². The van der Waals surface area contributed by atoms with E-state index >= 15 is 0 Å².